The summed E-state index contributed by atoms with van der Waals surface area (Å²) in [7, 11) is 1.64. The van der Waals surface area contributed by atoms with Gasteiger partial charge in [-0.25, -0.2) is 14.6 Å². The van der Waals surface area contributed by atoms with Gasteiger partial charge in [-0.05, 0) is 24.6 Å². The van der Waals surface area contributed by atoms with Crippen LogP contribution in [0.25, 0.3) is 11.0 Å². The lowest BCUT2D eigenvalue weighted by Gasteiger charge is -2.04. The van der Waals surface area contributed by atoms with Crippen molar-refractivity contribution in [3.8, 4) is 11.6 Å². The molecule has 0 amide bonds. The fourth-order valence-corrected chi connectivity index (χ4v) is 2.40. The summed E-state index contributed by atoms with van der Waals surface area (Å²) in [5, 5.41) is 5.43. The molecule has 0 saturated carbocycles. The summed E-state index contributed by atoms with van der Waals surface area (Å²) in [4.78, 5) is 8.27. The second-order valence-electron chi connectivity index (χ2n) is 4.61. The van der Waals surface area contributed by atoms with E-state index in [9.17, 15) is 0 Å². The van der Waals surface area contributed by atoms with E-state index in [-0.39, 0.29) is 0 Å². The Morgan fingerprint density at radius 3 is 2.64 bits per heavy atom. The summed E-state index contributed by atoms with van der Waals surface area (Å²) in [6.45, 7) is 2.95. The van der Waals surface area contributed by atoms with Crippen LogP contribution in [0.15, 0.2) is 30.6 Å². The highest BCUT2D eigenvalue weighted by molar-refractivity contribution is 6.34. The van der Waals surface area contributed by atoms with Gasteiger partial charge >= 0.3 is 0 Å². The first-order chi connectivity index (χ1) is 10.7. The second-order valence-corrected chi connectivity index (χ2v) is 4.96. The third-order valence-electron chi connectivity index (χ3n) is 3.22. The summed E-state index contributed by atoms with van der Waals surface area (Å²) in [6.07, 6.45) is 1.42. The highest BCUT2D eigenvalue weighted by Gasteiger charge is 2.16. The Morgan fingerprint density at radius 1 is 1.18 bits per heavy atom. The number of halogens is 1. The van der Waals surface area contributed by atoms with Crippen LogP contribution in [0.4, 0.5) is 0 Å². The summed E-state index contributed by atoms with van der Waals surface area (Å²) < 4.78 is 12.5. The van der Waals surface area contributed by atoms with Gasteiger partial charge < -0.3 is 9.47 Å². The normalized spacial score (nSPS) is 10.9. The smallest absolute Gasteiger partial charge is 0.245 e. The molecule has 0 atom stereocenters. The van der Waals surface area contributed by atoms with Gasteiger partial charge in [-0.2, -0.15) is 0 Å². The number of rotatable bonds is 5. The van der Waals surface area contributed by atoms with Crippen molar-refractivity contribution in [3.63, 3.8) is 0 Å². The molecule has 0 fully saturated rings. The molecule has 114 valence electrons. The molecule has 0 unspecified atom stereocenters. The summed E-state index contributed by atoms with van der Waals surface area (Å²) in [5.74, 6) is 1.27. The lowest BCUT2D eigenvalue weighted by Crippen LogP contribution is -2.03. The van der Waals surface area contributed by atoms with Crippen molar-refractivity contribution in [1.29, 1.82) is 0 Å². The number of benzene rings is 1. The van der Waals surface area contributed by atoms with Crippen molar-refractivity contribution < 1.29 is 9.47 Å². The van der Waals surface area contributed by atoms with Crippen molar-refractivity contribution in [3.05, 3.63) is 41.3 Å². The SMILES string of the molecule is CCOc1nn(Cc2ccc(OC)cc2)c2ncnc(Cl)c12. The molecule has 3 rings (SSSR count). The molecule has 0 bridgehead atoms. The van der Waals surface area contributed by atoms with Crippen molar-refractivity contribution in [1.82, 2.24) is 19.7 Å². The fraction of sp³-hybridized carbons (Fsp3) is 0.267. The highest BCUT2D eigenvalue weighted by Crippen LogP contribution is 2.29. The molecule has 0 radical (unpaired) electrons. The Morgan fingerprint density at radius 2 is 1.95 bits per heavy atom. The van der Waals surface area contributed by atoms with Crippen LogP contribution in [0.2, 0.25) is 5.15 Å². The average Bonchev–Trinajstić information content (AvgIpc) is 2.88. The number of nitrogens with zero attached hydrogens (tertiary/aromatic N) is 4. The first-order valence-corrected chi connectivity index (χ1v) is 7.23. The minimum Gasteiger partial charge on any atom is -0.497 e. The van der Waals surface area contributed by atoms with Crippen LogP contribution in [-0.2, 0) is 6.54 Å². The predicted molar refractivity (Wildman–Crippen MR) is 83.6 cm³/mol. The van der Waals surface area contributed by atoms with Gasteiger partial charge in [-0.15, -0.1) is 5.10 Å². The molecule has 0 aliphatic heterocycles. The highest BCUT2D eigenvalue weighted by atomic mass is 35.5. The first-order valence-electron chi connectivity index (χ1n) is 6.85. The van der Waals surface area contributed by atoms with Crippen molar-refractivity contribution in [2.45, 2.75) is 13.5 Å². The van der Waals surface area contributed by atoms with Crippen LogP contribution in [0.1, 0.15) is 12.5 Å². The maximum Gasteiger partial charge on any atom is 0.245 e. The summed E-state index contributed by atoms with van der Waals surface area (Å²) in [6, 6.07) is 7.78. The van der Waals surface area contributed by atoms with Crippen molar-refractivity contribution in [2.24, 2.45) is 0 Å². The van der Waals surface area contributed by atoms with Gasteiger partial charge in [0.15, 0.2) is 5.65 Å². The molecule has 7 heteroatoms. The van der Waals surface area contributed by atoms with E-state index in [2.05, 4.69) is 15.1 Å². The van der Waals surface area contributed by atoms with E-state index in [1.807, 2.05) is 31.2 Å². The Balaban J connectivity index is 2.01. The second kappa shape index (κ2) is 6.19. The third-order valence-corrected chi connectivity index (χ3v) is 3.51. The summed E-state index contributed by atoms with van der Waals surface area (Å²) >= 11 is 6.15. The molecule has 0 spiro atoms. The lowest BCUT2D eigenvalue weighted by molar-refractivity contribution is 0.325. The number of fused-ring (bicyclic) bond motifs is 1. The maximum absolute atomic E-state index is 6.15. The molecule has 22 heavy (non-hydrogen) atoms. The van der Waals surface area contributed by atoms with E-state index >= 15 is 0 Å². The Hall–Kier alpha value is -2.34. The van der Waals surface area contributed by atoms with Crippen LogP contribution in [0, 0.1) is 0 Å². The molecule has 0 aliphatic rings. The standard InChI is InChI=1S/C15H15ClN4O2/c1-3-22-15-12-13(16)17-9-18-14(12)20(19-15)8-10-4-6-11(21-2)7-5-10/h4-7,9H,3,8H2,1-2H3. The summed E-state index contributed by atoms with van der Waals surface area (Å²) in [5.41, 5.74) is 1.72. The van der Waals surface area contributed by atoms with Gasteiger partial charge in [0.25, 0.3) is 0 Å². The van der Waals surface area contributed by atoms with Gasteiger partial charge in [0.1, 0.15) is 22.6 Å². The molecule has 2 aromatic heterocycles. The maximum atomic E-state index is 6.15. The monoisotopic (exact) mass is 318 g/mol. The van der Waals surface area contributed by atoms with E-state index < -0.39 is 0 Å². The Kier molecular flexibility index (Phi) is 4.11. The Labute approximate surface area is 132 Å². The number of hydrogen-bond donors (Lipinski definition) is 0. The van der Waals surface area contributed by atoms with Crippen molar-refractivity contribution in [2.75, 3.05) is 13.7 Å². The third kappa shape index (κ3) is 2.69. The quantitative estimate of drug-likeness (QED) is 0.677. The molecule has 6 nitrogen and oxygen atoms in total. The van der Waals surface area contributed by atoms with E-state index in [0.717, 1.165) is 11.3 Å². The van der Waals surface area contributed by atoms with Crippen LogP contribution in [-0.4, -0.2) is 33.5 Å². The predicted octanol–water partition coefficient (Wildman–Crippen LogP) is 2.94. The zero-order valence-electron chi connectivity index (χ0n) is 12.3. The Bertz CT molecular complexity index is 786. The topological polar surface area (TPSA) is 62.1 Å². The number of methoxy groups -OCH3 is 1. The molecule has 1 aromatic carbocycles. The molecule has 0 N–H and O–H groups in total. The van der Waals surface area contributed by atoms with Gasteiger partial charge in [0.05, 0.1) is 20.3 Å². The molecular weight excluding hydrogens is 304 g/mol. The molecule has 2 heterocycles. The van der Waals surface area contributed by atoms with Gasteiger partial charge in [-0.1, -0.05) is 23.7 Å². The van der Waals surface area contributed by atoms with Crippen LogP contribution in [0.5, 0.6) is 11.6 Å². The van der Waals surface area contributed by atoms with Crippen molar-refractivity contribution >= 4 is 22.6 Å². The minimum absolute atomic E-state index is 0.342. The zero-order valence-corrected chi connectivity index (χ0v) is 13.0. The van der Waals surface area contributed by atoms with Crippen LogP contribution >= 0.6 is 11.6 Å². The molecule has 0 saturated heterocycles. The number of ether oxygens (including phenoxy) is 2. The fourth-order valence-electron chi connectivity index (χ4n) is 2.19. The van der Waals surface area contributed by atoms with Gasteiger partial charge in [0.2, 0.25) is 5.88 Å². The van der Waals surface area contributed by atoms with E-state index in [4.69, 9.17) is 21.1 Å². The molecular formula is C15H15ClN4O2. The molecule has 3 aromatic rings. The molecule has 0 aliphatic carbocycles. The average molecular weight is 319 g/mol. The van der Waals surface area contributed by atoms with E-state index in [0.29, 0.717) is 35.2 Å². The van der Waals surface area contributed by atoms with Crippen LogP contribution < -0.4 is 9.47 Å². The largest absolute Gasteiger partial charge is 0.497 e. The van der Waals surface area contributed by atoms with Gasteiger partial charge in [-0.3, -0.25) is 0 Å². The lowest BCUT2D eigenvalue weighted by atomic mass is 10.2. The van der Waals surface area contributed by atoms with E-state index in [1.165, 1.54) is 6.33 Å². The zero-order chi connectivity index (χ0) is 15.5. The first kappa shape index (κ1) is 14.6. The minimum atomic E-state index is 0.342. The number of aromatic nitrogens is 4. The number of hydrogen-bond acceptors (Lipinski definition) is 5. The van der Waals surface area contributed by atoms with E-state index in [1.54, 1.807) is 11.8 Å². The van der Waals surface area contributed by atoms with Crippen LogP contribution in [0.3, 0.4) is 0 Å². The van der Waals surface area contributed by atoms with Gasteiger partial charge in [0, 0.05) is 0 Å².